The number of rotatable bonds is 0. The molecule has 2 heterocycles. The second-order valence-electron chi connectivity index (χ2n) is 2.15. The number of nitrogens with zero attached hydrogens (tertiary/aromatic N) is 3. The van der Waals surface area contributed by atoms with Crippen LogP contribution < -0.4 is 11.1 Å². The third-order valence-corrected chi connectivity index (χ3v) is 1.52. The maximum absolute atomic E-state index is 5.52. The molecule has 3 N–H and O–H groups in total. The monoisotopic (exact) mass is 137 g/mol. The average Bonchev–Trinajstić information content (AvgIpc) is 2.36. The van der Waals surface area contributed by atoms with E-state index in [4.69, 9.17) is 5.73 Å². The van der Waals surface area contributed by atoms with Gasteiger partial charge in [0.05, 0.1) is 6.34 Å². The third-order valence-electron chi connectivity index (χ3n) is 1.52. The van der Waals surface area contributed by atoms with Crippen molar-refractivity contribution in [3.63, 3.8) is 0 Å². The van der Waals surface area contributed by atoms with Crippen LogP contribution in [0.1, 0.15) is 0 Å². The molecule has 0 bridgehead atoms. The van der Waals surface area contributed by atoms with Crippen LogP contribution in [0.15, 0.2) is 15.0 Å². The van der Waals surface area contributed by atoms with Crippen molar-refractivity contribution < 1.29 is 0 Å². The lowest BCUT2D eigenvalue weighted by Gasteiger charge is -2.15. The molecular formula is C5H7N5. The van der Waals surface area contributed by atoms with Crippen LogP contribution in [0.4, 0.5) is 0 Å². The van der Waals surface area contributed by atoms with Gasteiger partial charge in [-0.25, -0.2) is 9.98 Å². The van der Waals surface area contributed by atoms with Gasteiger partial charge in [0.2, 0.25) is 0 Å². The van der Waals surface area contributed by atoms with Crippen molar-refractivity contribution in [2.45, 2.75) is 12.2 Å². The highest BCUT2D eigenvalue weighted by atomic mass is 15.2. The van der Waals surface area contributed by atoms with Crippen molar-refractivity contribution in [3.8, 4) is 0 Å². The van der Waals surface area contributed by atoms with Gasteiger partial charge in [0, 0.05) is 0 Å². The molecule has 52 valence electrons. The van der Waals surface area contributed by atoms with Crippen molar-refractivity contribution in [1.82, 2.24) is 5.32 Å². The number of nitrogens with one attached hydrogen (secondary N) is 1. The van der Waals surface area contributed by atoms with Crippen molar-refractivity contribution in [1.29, 1.82) is 0 Å². The summed E-state index contributed by atoms with van der Waals surface area (Å²) < 4.78 is 0. The molecule has 2 rings (SSSR count). The first-order valence-electron chi connectivity index (χ1n) is 3.00. The molecule has 0 aromatic rings. The molecule has 2 aliphatic heterocycles. The molecule has 2 unspecified atom stereocenters. The Morgan fingerprint density at radius 2 is 2.40 bits per heavy atom. The van der Waals surface area contributed by atoms with E-state index in [1.165, 1.54) is 6.34 Å². The summed E-state index contributed by atoms with van der Waals surface area (Å²) in [5.74, 6) is 0.529. The Hall–Kier alpha value is -1.39. The number of nitrogens with two attached hydrogens (primary N) is 1. The molecule has 0 amide bonds. The third kappa shape index (κ3) is 0.601. The van der Waals surface area contributed by atoms with E-state index in [9.17, 15) is 0 Å². The van der Waals surface area contributed by atoms with Gasteiger partial charge >= 0.3 is 0 Å². The van der Waals surface area contributed by atoms with Crippen LogP contribution in [0, 0.1) is 0 Å². The number of hydrogen-bond acceptors (Lipinski definition) is 5. The van der Waals surface area contributed by atoms with Gasteiger partial charge in [0.1, 0.15) is 18.2 Å². The van der Waals surface area contributed by atoms with E-state index in [2.05, 4.69) is 20.3 Å². The van der Waals surface area contributed by atoms with Gasteiger partial charge in [-0.1, -0.05) is 0 Å². The molecule has 0 spiro atoms. The van der Waals surface area contributed by atoms with Crippen LogP contribution in [0.2, 0.25) is 0 Å². The zero-order valence-corrected chi connectivity index (χ0v) is 5.23. The molecule has 2 aliphatic rings. The normalized spacial score (nSPS) is 35.0. The molecule has 0 aromatic heterocycles. The summed E-state index contributed by atoms with van der Waals surface area (Å²) in [6.07, 6.45) is 3.05. The molecule has 10 heavy (non-hydrogen) atoms. The van der Waals surface area contributed by atoms with Crippen LogP contribution in [0.5, 0.6) is 0 Å². The predicted octanol–water partition coefficient (Wildman–Crippen LogP) is -1.29. The van der Waals surface area contributed by atoms with Crippen LogP contribution in [0.25, 0.3) is 0 Å². The predicted molar refractivity (Wildman–Crippen MR) is 39.3 cm³/mol. The van der Waals surface area contributed by atoms with E-state index < -0.39 is 0 Å². The largest absolute Gasteiger partial charge is 0.385 e. The van der Waals surface area contributed by atoms with E-state index >= 15 is 0 Å². The van der Waals surface area contributed by atoms with Crippen molar-refractivity contribution in [3.05, 3.63) is 0 Å². The first kappa shape index (κ1) is 5.40. The van der Waals surface area contributed by atoms with Gasteiger partial charge in [-0.15, -0.1) is 0 Å². The zero-order chi connectivity index (χ0) is 6.97. The minimum atomic E-state index is -0.0787. The van der Waals surface area contributed by atoms with Crippen LogP contribution in [-0.2, 0) is 0 Å². The molecule has 0 fully saturated rings. The molecule has 0 aromatic carbocycles. The van der Waals surface area contributed by atoms with Gasteiger partial charge in [-0.3, -0.25) is 4.99 Å². The van der Waals surface area contributed by atoms with Crippen LogP contribution in [-0.4, -0.2) is 30.7 Å². The van der Waals surface area contributed by atoms with E-state index in [1.54, 1.807) is 6.34 Å². The fourth-order valence-electron chi connectivity index (χ4n) is 0.983. The van der Waals surface area contributed by atoms with Crippen molar-refractivity contribution in [2.75, 3.05) is 0 Å². The molecule has 2 atom stereocenters. The van der Waals surface area contributed by atoms with Crippen molar-refractivity contribution >= 4 is 18.5 Å². The smallest absolute Gasteiger partial charge is 0.151 e. The highest BCUT2D eigenvalue weighted by molar-refractivity contribution is 5.96. The standard InChI is InChI=1S/C5H7N5/c6-4-3-5(9-1-7-3)10-2-8-4/h1-3,5H,(H,7,9)(H2,6,8,10). The molecule has 0 saturated heterocycles. The Balaban J connectivity index is 2.30. The first-order chi connectivity index (χ1) is 4.88. The molecule has 0 radical (unpaired) electrons. The Bertz CT molecular complexity index is 228. The quantitative estimate of drug-likeness (QED) is 0.436. The minimum Gasteiger partial charge on any atom is -0.385 e. The van der Waals surface area contributed by atoms with Gasteiger partial charge in [-0.2, -0.15) is 0 Å². The summed E-state index contributed by atoms with van der Waals surface area (Å²) in [4.78, 5) is 11.9. The summed E-state index contributed by atoms with van der Waals surface area (Å²) >= 11 is 0. The van der Waals surface area contributed by atoms with E-state index in [-0.39, 0.29) is 12.2 Å². The Kier molecular flexibility index (Phi) is 0.969. The summed E-state index contributed by atoms with van der Waals surface area (Å²) in [6, 6.07) is -0.0787. The lowest BCUT2D eigenvalue weighted by atomic mass is 10.2. The van der Waals surface area contributed by atoms with E-state index in [0.29, 0.717) is 5.84 Å². The summed E-state index contributed by atoms with van der Waals surface area (Å²) in [7, 11) is 0. The van der Waals surface area contributed by atoms with Crippen molar-refractivity contribution in [2.24, 2.45) is 20.7 Å². The molecule has 5 nitrogen and oxygen atoms in total. The first-order valence-corrected chi connectivity index (χ1v) is 3.00. The van der Waals surface area contributed by atoms with E-state index in [1.807, 2.05) is 0 Å². The fourth-order valence-corrected chi connectivity index (χ4v) is 0.983. The number of aliphatic imine (C=N–C) groups is 3. The highest BCUT2D eigenvalue weighted by Crippen LogP contribution is 2.07. The molecule has 0 aliphatic carbocycles. The average molecular weight is 137 g/mol. The summed E-state index contributed by atoms with van der Waals surface area (Å²) in [5, 5.41) is 2.94. The Labute approximate surface area is 57.8 Å². The van der Waals surface area contributed by atoms with Crippen LogP contribution in [0.3, 0.4) is 0 Å². The molecule has 0 saturated carbocycles. The van der Waals surface area contributed by atoms with Gasteiger partial charge in [0.15, 0.2) is 6.17 Å². The Morgan fingerprint density at radius 1 is 1.50 bits per heavy atom. The summed E-state index contributed by atoms with van der Waals surface area (Å²) in [5.41, 5.74) is 5.52. The maximum Gasteiger partial charge on any atom is 0.151 e. The minimum absolute atomic E-state index is 0.0162. The topological polar surface area (TPSA) is 75.1 Å². The summed E-state index contributed by atoms with van der Waals surface area (Å²) in [6.45, 7) is 0. The van der Waals surface area contributed by atoms with Gasteiger partial charge < -0.3 is 11.1 Å². The second-order valence-corrected chi connectivity index (χ2v) is 2.15. The second kappa shape index (κ2) is 1.80. The van der Waals surface area contributed by atoms with Gasteiger partial charge in [0.25, 0.3) is 0 Å². The highest BCUT2D eigenvalue weighted by Gasteiger charge is 2.27. The lowest BCUT2D eigenvalue weighted by molar-refractivity contribution is 0.632. The maximum atomic E-state index is 5.52. The SMILES string of the molecule is NC1=NC=NC2NC=NC12. The molecular weight excluding hydrogens is 130 g/mol. The number of hydrogen-bond donors (Lipinski definition) is 2. The fraction of sp³-hybridized carbons (Fsp3) is 0.400. The van der Waals surface area contributed by atoms with Gasteiger partial charge in [-0.05, 0) is 0 Å². The van der Waals surface area contributed by atoms with Crippen LogP contribution >= 0.6 is 0 Å². The van der Waals surface area contributed by atoms with E-state index in [0.717, 1.165) is 0 Å². The number of amidine groups is 1. The lowest BCUT2D eigenvalue weighted by Crippen LogP contribution is -2.41. The Morgan fingerprint density at radius 3 is 3.20 bits per heavy atom. The molecule has 5 heteroatoms. The zero-order valence-electron chi connectivity index (χ0n) is 5.23. The number of fused-ring (bicyclic) bond motifs is 1.